The van der Waals surface area contributed by atoms with Crippen LogP contribution in [0.1, 0.15) is 22.8 Å². The second-order valence-corrected chi connectivity index (χ2v) is 6.18. The van der Waals surface area contributed by atoms with Crippen molar-refractivity contribution in [3.05, 3.63) is 75.6 Å². The molecule has 5 nitrogen and oxygen atoms in total. The van der Waals surface area contributed by atoms with Crippen LogP contribution in [0.15, 0.2) is 51.7 Å². The number of furan rings is 1. The van der Waals surface area contributed by atoms with E-state index in [0.717, 1.165) is 41.3 Å². The Hall–Kier alpha value is -2.66. The lowest BCUT2D eigenvalue weighted by molar-refractivity contribution is 0.221. The Morgan fingerprint density at radius 2 is 2.04 bits per heavy atom. The molecule has 3 aromatic rings. The maximum Gasteiger partial charge on any atom is 0.255 e. The molecule has 0 atom stereocenters. The number of aromatic nitrogens is 2. The molecule has 2 aromatic heterocycles. The van der Waals surface area contributed by atoms with E-state index >= 15 is 0 Å². The highest BCUT2D eigenvalue weighted by molar-refractivity contribution is 5.54. The summed E-state index contributed by atoms with van der Waals surface area (Å²) in [6.45, 7) is 4.13. The van der Waals surface area contributed by atoms with Gasteiger partial charge in [0.15, 0.2) is 0 Å². The molecule has 0 bridgehead atoms. The monoisotopic (exact) mass is 321 g/mol. The van der Waals surface area contributed by atoms with Crippen molar-refractivity contribution in [1.29, 1.82) is 0 Å². The van der Waals surface area contributed by atoms with E-state index in [2.05, 4.69) is 14.9 Å². The highest BCUT2D eigenvalue weighted by Crippen LogP contribution is 2.20. The first-order chi connectivity index (χ1) is 11.7. The number of H-pyrrole nitrogens is 1. The van der Waals surface area contributed by atoms with Crippen LogP contribution in [-0.4, -0.2) is 21.4 Å². The zero-order chi connectivity index (χ0) is 16.5. The molecule has 3 heterocycles. The minimum Gasteiger partial charge on any atom is -0.465 e. The van der Waals surface area contributed by atoms with Gasteiger partial charge in [-0.15, -0.1) is 0 Å². The van der Waals surface area contributed by atoms with Crippen molar-refractivity contribution in [2.75, 3.05) is 6.54 Å². The Bertz CT molecular complexity index is 912. The first-order valence-corrected chi connectivity index (χ1v) is 8.14. The Morgan fingerprint density at radius 3 is 2.79 bits per heavy atom. The summed E-state index contributed by atoms with van der Waals surface area (Å²) >= 11 is 0. The Labute approximate surface area is 140 Å². The van der Waals surface area contributed by atoms with Crippen LogP contribution in [0.5, 0.6) is 0 Å². The van der Waals surface area contributed by atoms with Gasteiger partial charge in [0.1, 0.15) is 17.3 Å². The summed E-state index contributed by atoms with van der Waals surface area (Å²) in [5, 5.41) is 0. The van der Waals surface area contributed by atoms with E-state index in [0.29, 0.717) is 18.9 Å². The van der Waals surface area contributed by atoms with Gasteiger partial charge >= 0.3 is 0 Å². The van der Waals surface area contributed by atoms with Gasteiger partial charge < -0.3 is 9.40 Å². The van der Waals surface area contributed by atoms with E-state index in [1.54, 1.807) is 0 Å². The molecule has 0 fully saturated rings. The zero-order valence-electron chi connectivity index (χ0n) is 13.6. The molecule has 1 aromatic carbocycles. The number of aromatic amines is 1. The van der Waals surface area contributed by atoms with E-state index in [1.165, 1.54) is 0 Å². The molecule has 5 heteroatoms. The summed E-state index contributed by atoms with van der Waals surface area (Å²) in [6.07, 6.45) is 0.777. The van der Waals surface area contributed by atoms with Gasteiger partial charge in [-0.05, 0) is 19.1 Å². The number of aryl methyl sites for hydroxylation is 1. The molecule has 0 saturated heterocycles. The van der Waals surface area contributed by atoms with Gasteiger partial charge in [0.2, 0.25) is 0 Å². The number of benzene rings is 1. The summed E-state index contributed by atoms with van der Waals surface area (Å²) in [5.74, 6) is 2.49. The van der Waals surface area contributed by atoms with Crippen LogP contribution in [0, 0.1) is 6.92 Å². The Morgan fingerprint density at radius 1 is 1.21 bits per heavy atom. The van der Waals surface area contributed by atoms with E-state index in [-0.39, 0.29) is 5.56 Å². The second kappa shape index (κ2) is 6.09. The summed E-state index contributed by atoms with van der Waals surface area (Å²) in [4.78, 5) is 22.3. The average Bonchev–Trinajstić information content (AvgIpc) is 3.01. The summed E-state index contributed by atoms with van der Waals surface area (Å²) in [5.41, 5.74) is 2.57. The van der Waals surface area contributed by atoms with Crippen LogP contribution in [0.4, 0.5) is 0 Å². The van der Waals surface area contributed by atoms with Gasteiger partial charge in [0.25, 0.3) is 5.56 Å². The van der Waals surface area contributed by atoms with Crippen molar-refractivity contribution in [3.8, 4) is 11.4 Å². The summed E-state index contributed by atoms with van der Waals surface area (Å²) in [6, 6.07) is 13.7. The van der Waals surface area contributed by atoms with Crippen molar-refractivity contribution in [2.45, 2.75) is 26.4 Å². The quantitative estimate of drug-likeness (QED) is 0.806. The third-order valence-electron chi connectivity index (χ3n) is 4.37. The van der Waals surface area contributed by atoms with Crippen LogP contribution < -0.4 is 5.56 Å². The molecule has 1 aliphatic heterocycles. The standard InChI is InChI=1S/C19H19N3O2/c1-13-7-8-15(24-13)11-22-10-9-17-16(12-22)19(23)21-18(20-17)14-5-3-2-4-6-14/h2-8H,9-12H2,1H3,(H,20,21,23). The maximum absolute atomic E-state index is 12.5. The van der Waals surface area contributed by atoms with Crippen molar-refractivity contribution in [3.63, 3.8) is 0 Å². The van der Waals surface area contributed by atoms with E-state index in [4.69, 9.17) is 4.42 Å². The molecule has 24 heavy (non-hydrogen) atoms. The minimum atomic E-state index is -0.0424. The van der Waals surface area contributed by atoms with Crippen molar-refractivity contribution in [2.24, 2.45) is 0 Å². The van der Waals surface area contributed by atoms with E-state index in [1.807, 2.05) is 49.4 Å². The Balaban J connectivity index is 1.59. The lowest BCUT2D eigenvalue weighted by Crippen LogP contribution is -2.35. The molecule has 122 valence electrons. The van der Waals surface area contributed by atoms with Gasteiger partial charge in [-0.1, -0.05) is 30.3 Å². The SMILES string of the molecule is Cc1ccc(CN2CCc3nc(-c4ccccc4)[nH]c(=O)c3C2)o1. The van der Waals surface area contributed by atoms with Crippen molar-refractivity contribution >= 4 is 0 Å². The van der Waals surface area contributed by atoms with Gasteiger partial charge in [-0.2, -0.15) is 0 Å². The largest absolute Gasteiger partial charge is 0.465 e. The number of rotatable bonds is 3. The van der Waals surface area contributed by atoms with Gasteiger partial charge in [0.05, 0.1) is 17.8 Å². The smallest absolute Gasteiger partial charge is 0.255 e. The molecule has 0 aliphatic carbocycles. The highest BCUT2D eigenvalue weighted by Gasteiger charge is 2.22. The normalized spacial score (nSPS) is 14.5. The molecular weight excluding hydrogens is 302 g/mol. The fourth-order valence-electron chi connectivity index (χ4n) is 3.14. The van der Waals surface area contributed by atoms with Gasteiger partial charge in [-0.25, -0.2) is 4.98 Å². The zero-order valence-corrected chi connectivity index (χ0v) is 13.6. The second-order valence-electron chi connectivity index (χ2n) is 6.18. The number of fused-ring (bicyclic) bond motifs is 1. The van der Waals surface area contributed by atoms with Crippen LogP contribution in [0.2, 0.25) is 0 Å². The highest BCUT2D eigenvalue weighted by atomic mass is 16.3. The first-order valence-electron chi connectivity index (χ1n) is 8.14. The molecule has 1 N–H and O–H groups in total. The molecule has 0 spiro atoms. The predicted octanol–water partition coefficient (Wildman–Crippen LogP) is 2.90. The number of hydrogen-bond donors (Lipinski definition) is 1. The molecule has 0 saturated carbocycles. The maximum atomic E-state index is 12.5. The number of nitrogens with one attached hydrogen (secondary N) is 1. The third kappa shape index (κ3) is 2.90. The molecular formula is C19H19N3O2. The van der Waals surface area contributed by atoms with Crippen molar-refractivity contribution in [1.82, 2.24) is 14.9 Å². The minimum absolute atomic E-state index is 0.0424. The lowest BCUT2D eigenvalue weighted by Gasteiger charge is -2.26. The lowest BCUT2D eigenvalue weighted by atomic mass is 10.1. The predicted molar refractivity (Wildman–Crippen MR) is 91.6 cm³/mol. The van der Waals surface area contributed by atoms with Crippen LogP contribution >= 0.6 is 0 Å². The molecule has 1 aliphatic rings. The Kier molecular flexibility index (Phi) is 3.78. The summed E-state index contributed by atoms with van der Waals surface area (Å²) in [7, 11) is 0. The fourth-order valence-corrected chi connectivity index (χ4v) is 3.14. The summed E-state index contributed by atoms with van der Waals surface area (Å²) < 4.78 is 5.64. The molecule has 0 radical (unpaired) electrons. The molecule has 0 amide bonds. The number of nitrogens with zero attached hydrogens (tertiary/aromatic N) is 2. The first kappa shape index (κ1) is 14.9. The van der Waals surface area contributed by atoms with E-state index in [9.17, 15) is 4.79 Å². The third-order valence-corrected chi connectivity index (χ3v) is 4.37. The molecule has 0 unspecified atom stereocenters. The van der Waals surface area contributed by atoms with Crippen LogP contribution in [0.3, 0.4) is 0 Å². The van der Waals surface area contributed by atoms with E-state index < -0.39 is 0 Å². The van der Waals surface area contributed by atoms with Gasteiger partial charge in [0, 0.05) is 25.1 Å². The fraction of sp³-hybridized carbons (Fsp3) is 0.263. The van der Waals surface area contributed by atoms with Gasteiger partial charge in [-0.3, -0.25) is 9.69 Å². The number of hydrogen-bond acceptors (Lipinski definition) is 4. The van der Waals surface area contributed by atoms with Crippen molar-refractivity contribution < 1.29 is 4.42 Å². The average molecular weight is 321 g/mol. The molecule has 4 rings (SSSR count). The van der Waals surface area contributed by atoms with Crippen LogP contribution in [-0.2, 0) is 19.5 Å². The van der Waals surface area contributed by atoms with Crippen LogP contribution in [0.25, 0.3) is 11.4 Å². The topological polar surface area (TPSA) is 62.1 Å².